The van der Waals surface area contributed by atoms with E-state index in [1.807, 2.05) is 12.1 Å². The molecule has 5 nitrogen and oxygen atoms in total. The number of rotatable bonds is 3. The first kappa shape index (κ1) is 12.6. The van der Waals surface area contributed by atoms with E-state index in [0.29, 0.717) is 6.54 Å². The number of aryl methyl sites for hydroxylation is 1. The van der Waals surface area contributed by atoms with Crippen molar-refractivity contribution in [3.05, 3.63) is 36.2 Å². The van der Waals surface area contributed by atoms with E-state index in [4.69, 9.17) is 5.73 Å². The van der Waals surface area contributed by atoms with E-state index in [0.717, 1.165) is 23.6 Å². The molecule has 0 bridgehead atoms. The summed E-state index contributed by atoms with van der Waals surface area (Å²) in [4.78, 5) is 8.35. The maximum absolute atomic E-state index is 5.54. The fourth-order valence-corrected chi connectivity index (χ4v) is 1.37. The molecule has 6 heteroatoms. The second kappa shape index (κ2) is 5.58. The standard InChI is InChI=1S/C10H13N5.ClH/c1-2-8-3-4-9(6-12-8)15-10(5-11)13-7-14-15;/h3-4,6-7H,2,5,11H2,1H3;1H. The maximum atomic E-state index is 5.54. The highest BCUT2D eigenvalue weighted by molar-refractivity contribution is 5.85. The van der Waals surface area contributed by atoms with E-state index in [1.165, 1.54) is 6.33 Å². The molecule has 16 heavy (non-hydrogen) atoms. The number of pyridine rings is 1. The topological polar surface area (TPSA) is 69.6 Å². The van der Waals surface area contributed by atoms with E-state index in [2.05, 4.69) is 22.0 Å². The van der Waals surface area contributed by atoms with Gasteiger partial charge < -0.3 is 5.73 Å². The van der Waals surface area contributed by atoms with Crippen molar-refractivity contribution in [1.82, 2.24) is 19.7 Å². The molecule has 0 aliphatic rings. The Hall–Kier alpha value is -1.46. The minimum absolute atomic E-state index is 0. The van der Waals surface area contributed by atoms with Gasteiger partial charge in [0, 0.05) is 5.69 Å². The minimum atomic E-state index is 0. The van der Waals surface area contributed by atoms with Crippen LogP contribution in [-0.4, -0.2) is 19.7 Å². The summed E-state index contributed by atoms with van der Waals surface area (Å²) in [5, 5.41) is 4.10. The van der Waals surface area contributed by atoms with E-state index < -0.39 is 0 Å². The molecule has 86 valence electrons. The van der Waals surface area contributed by atoms with Crippen LogP contribution < -0.4 is 5.73 Å². The predicted molar refractivity (Wildman–Crippen MR) is 63.7 cm³/mol. The summed E-state index contributed by atoms with van der Waals surface area (Å²) in [6, 6.07) is 3.96. The van der Waals surface area contributed by atoms with Crippen LogP contribution in [0.2, 0.25) is 0 Å². The van der Waals surface area contributed by atoms with Gasteiger partial charge in [0.1, 0.15) is 12.2 Å². The Labute approximate surface area is 100 Å². The Morgan fingerprint density at radius 3 is 2.69 bits per heavy atom. The van der Waals surface area contributed by atoms with Crippen LogP contribution in [0.15, 0.2) is 24.7 Å². The van der Waals surface area contributed by atoms with Crippen LogP contribution in [0.3, 0.4) is 0 Å². The van der Waals surface area contributed by atoms with Gasteiger partial charge >= 0.3 is 0 Å². The smallest absolute Gasteiger partial charge is 0.146 e. The molecule has 0 fully saturated rings. The van der Waals surface area contributed by atoms with Crippen molar-refractivity contribution in [1.29, 1.82) is 0 Å². The number of nitrogens with two attached hydrogens (primary N) is 1. The highest BCUT2D eigenvalue weighted by Crippen LogP contribution is 2.07. The van der Waals surface area contributed by atoms with Gasteiger partial charge in [-0.2, -0.15) is 5.10 Å². The molecular weight excluding hydrogens is 226 g/mol. The average Bonchev–Trinajstić information content (AvgIpc) is 2.77. The second-order valence-electron chi connectivity index (χ2n) is 3.15. The molecule has 0 aliphatic heterocycles. The zero-order valence-corrected chi connectivity index (χ0v) is 9.81. The molecule has 2 aromatic rings. The molecule has 2 aromatic heterocycles. The third-order valence-electron chi connectivity index (χ3n) is 2.22. The average molecular weight is 240 g/mol. The van der Waals surface area contributed by atoms with Crippen LogP contribution in [0, 0.1) is 0 Å². The van der Waals surface area contributed by atoms with E-state index in [-0.39, 0.29) is 12.4 Å². The Morgan fingerprint density at radius 2 is 2.12 bits per heavy atom. The van der Waals surface area contributed by atoms with Gasteiger partial charge in [0.25, 0.3) is 0 Å². The molecule has 2 heterocycles. The van der Waals surface area contributed by atoms with Gasteiger partial charge in [-0.05, 0) is 18.6 Å². The van der Waals surface area contributed by atoms with Crippen LogP contribution in [-0.2, 0) is 13.0 Å². The minimum Gasteiger partial charge on any atom is -0.324 e. The third kappa shape index (κ3) is 2.37. The van der Waals surface area contributed by atoms with Gasteiger partial charge in [-0.3, -0.25) is 4.98 Å². The monoisotopic (exact) mass is 239 g/mol. The first-order chi connectivity index (χ1) is 7.35. The third-order valence-corrected chi connectivity index (χ3v) is 2.22. The van der Waals surface area contributed by atoms with Gasteiger partial charge in [0.05, 0.1) is 18.4 Å². The first-order valence-electron chi connectivity index (χ1n) is 4.89. The number of aromatic nitrogens is 4. The molecule has 2 rings (SSSR count). The van der Waals surface area contributed by atoms with E-state index in [9.17, 15) is 0 Å². The Kier molecular flexibility index (Phi) is 4.39. The van der Waals surface area contributed by atoms with Crippen LogP contribution >= 0.6 is 12.4 Å². The quantitative estimate of drug-likeness (QED) is 0.871. The van der Waals surface area contributed by atoms with Crippen molar-refractivity contribution < 1.29 is 0 Å². The molecule has 0 aliphatic carbocycles. The van der Waals surface area contributed by atoms with Gasteiger partial charge in [0.15, 0.2) is 0 Å². The molecule has 0 atom stereocenters. The molecule has 0 saturated carbocycles. The number of hydrogen-bond donors (Lipinski definition) is 1. The first-order valence-corrected chi connectivity index (χ1v) is 4.89. The summed E-state index contributed by atoms with van der Waals surface area (Å²) in [5.74, 6) is 0.737. The molecule has 0 saturated heterocycles. The molecule has 0 unspecified atom stereocenters. The largest absolute Gasteiger partial charge is 0.324 e. The summed E-state index contributed by atoms with van der Waals surface area (Å²) in [5.41, 5.74) is 7.50. The lowest BCUT2D eigenvalue weighted by atomic mass is 10.3. The van der Waals surface area contributed by atoms with Crippen LogP contribution in [0.25, 0.3) is 5.69 Å². The highest BCUT2D eigenvalue weighted by atomic mass is 35.5. The fourth-order valence-electron chi connectivity index (χ4n) is 1.37. The van der Waals surface area contributed by atoms with E-state index in [1.54, 1.807) is 10.9 Å². The SMILES string of the molecule is CCc1ccc(-n2ncnc2CN)cn1.Cl. The molecular formula is C10H14ClN5. The van der Waals surface area contributed by atoms with Crippen molar-refractivity contribution in [3.63, 3.8) is 0 Å². The van der Waals surface area contributed by atoms with Crippen LogP contribution in [0.1, 0.15) is 18.4 Å². The van der Waals surface area contributed by atoms with Crippen molar-refractivity contribution in [2.75, 3.05) is 0 Å². The van der Waals surface area contributed by atoms with Gasteiger partial charge in [-0.1, -0.05) is 6.92 Å². The molecule has 0 aromatic carbocycles. The molecule has 2 N–H and O–H groups in total. The van der Waals surface area contributed by atoms with Crippen molar-refractivity contribution in [3.8, 4) is 5.69 Å². The lowest BCUT2D eigenvalue weighted by Crippen LogP contribution is -2.08. The van der Waals surface area contributed by atoms with Crippen molar-refractivity contribution >= 4 is 12.4 Å². The fraction of sp³-hybridized carbons (Fsp3) is 0.300. The normalized spacial score (nSPS) is 9.88. The lowest BCUT2D eigenvalue weighted by molar-refractivity contribution is 0.784. The van der Waals surface area contributed by atoms with Crippen LogP contribution in [0.5, 0.6) is 0 Å². The molecule has 0 spiro atoms. The number of hydrogen-bond acceptors (Lipinski definition) is 4. The van der Waals surface area contributed by atoms with Crippen molar-refractivity contribution in [2.24, 2.45) is 5.73 Å². The second-order valence-corrected chi connectivity index (χ2v) is 3.15. The Bertz CT molecular complexity index is 437. The summed E-state index contributed by atoms with van der Waals surface area (Å²) in [6.45, 7) is 2.44. The summed E-state index contributed by atoms with van der Waals surface area (Å²) in [7, 11) is 0. The predicted octanol–water partition coefficient (Wildman–Crippen LogP) is 1.11. The Morgan fingerprint density at radius 1 is 1.31 bits per heavy atom. The summed E-state index contributed by atoms with van der Waals surface area (Å²) >= 11 is 0. The van der Waals surface area contributed by atoms with E-state index >= 15 is 0 Å². The Balaban J connectivity index is 0.00000128. The maximum Gasteiger partial charge on any atom is 0.146 e. The molecule has 0 radical (unpaired) electrons. The van der Waals surface area contributed by atoms with Gasteiger partial charge in [-0.25, -0.2) is 9.67 Å². The highest BCUT2D eigenvalue weighted by Gasteiger charge is 2.04. The zero-order chi connectivity index (χ0) is 10.7. The van der Waals surface area contributed by atoms with Crippen LogP contribution in [0.4, 0.5) is 0 Å². The number of nitrogens with zero attached hydrogens (tertiary/aromatic N) is 4. The van der Waals surface area contributed by atoms with Crippen molar-refractivity contribution in [2.45, 2.75) is 19.9 Å². The lowest BCUT2D eigenvalue weighted by Gasteiger charge is -2.04. The van der Waals surface area contributed by atoms with Gasteiger partial charge in [0.2, 0.25) is 0 Å². The zero-order valence-electron chi connectivity index (χ0n) is 9.00. The molecule has 0 amide bonds. The summed E-state index contributed by atoms with van der Waals surface area (Å²) in [6.07, 6.45) is 4.21. The van der Waals surface area contributed by atoms with Gasteiger partial charge in [-0.15, -0.1) is 12.4 Å². The number of halogens is 1. The summed E-state index contributed by atoms with van der Waals surface area (Å²) < 4.78 is 1.70.